The molecule has 2 heterocycles. The zero-order valence-electron chi connectivity index (χ0n) is 11.5. The van der Waals surface area contributed by atoms with Crippen molar-refractivity contribution in [2.75, 3.05) is 17.6 Å². The molecule has 1 fully saturated rings. The van der Waals surface area contributed by atoms with E-state index in [-0.39, 0.29) is 17.8 Å². The molecule has 1 aliphatic rings. The maximum atomic E-state index is 12.1. The first-order valence-electron chi connectivity index (χ1n) is 6.72. The molecule has 2 aromatic rings. The Hall–Kier alpha value is -2.16. The van der Waals surface area contributed by atoms with E-state index in [1.807, 2.05) is 0 Å². The van der Waals surface area contributed by atoms with Crippen LogP contribution in [-0.2, 0) is 6.42 Å². The van der Waals surface area contributed by atoms with Crippen molar-refractivity contribution in [1.82, 2.24) is 19.8 Å². The molecule has 21 heavy (non-hydrogen) atoms. The van der Waals surface area contributed by atoms with E-state index in [0.29, 0.717) is 35.2 Å². The lowest BCUT2D eigenvalue weighted by Gasteiger charge is -2.06. The molecular weight excluding hydrogens is 292 g/mol. The van der Waals surface area contributed by atoms with Gasteiger partial charge in [0.15, 0.2) is 11.6 Å². The second kappa shape index (κ2) is 5.68. The Balaban J connectivity index is 1.60. The van der Waals surface area contributed by atoms with E-state index in [4.69, 9.17) is 10.3 Å². The third-order valence-electron chi connectivity index (χ3n) is 3.05. The van der Waals surface area contributed by atoms with Gasteiger partial charge in [-0.05, 0) is 31.3 Å². The molecule has 1 saturated carbocycles. The van der Waals surface area contributed by atoms with E-state index in [9.17, 15) is 4.79 Å². The van der Waals surface area contributed by atoms with Crippen LogP contribution in [0.25, 0.3) is 0 Å². The summed E-state index contributed by atoms with van der Waals surface area (Å²) in [6.07, 6.45) is 2.63. The van der Waals surface area contributed by atoms with Crippen molar-refractivity contribution in [2.45, 2.75) is 32.2 Å². The third kappa shape index (κ3) is 3.30. The van der Waals surface area contributed by atoms with Gasteiger partial charge >= 0.3 is 0 Å². The van der Waals surface area contributed by atoms with Gasteiger partial charge in [0.1, 0.15) is 10.6 Å². The summed E-state index contributed by atoms with van der Waals surface area (Å²) in [7, 11) is 0. The lowest BCUT2D eigenvalue weighted by molar-refractivity contribution is 0.0953. The lowest BCUT2D eigenvalue weighted by Crippen LogP contribution is -2.26. The van der Waals surface area contributed by atoms with Crippen LogP contribution in [0.5, 0.6) is 0 Å². The second-order valence-corrected chi connectivity index (χ2v) is 5.71. The average Bonchev–Trinajstić information content (AvgIpc) is 3.03. The highest BCUT2D eigenvalue weighted by Gasteiger charge is 2.27. The summed E-state index contributed by atoms with van der Waals surface area (Å²) in [5.41, 5.74) is 6.21. The fraction of sp³-hybridized carbons (Fsp3) is 0.500. The molecule has 2 aromatic heterocycles. The Morgan fingerprint density at radius 2 is 2.33 bits per heavy atom. The molecule has 0 aliphatic heterocycles. The van der Waals surface area contributed by atoms with Crippen molar-refractivity contribution in [2.24, 2.45) is 0 Å². The molecule has 8 nitrogen and oxygen atoms in total. The summed E-state index contributed by atoms with van der Waals surface area (Å²) >= 11 is 1.18. The molecule has 0 saturated heterocycles. The molecule has 9 heteroatoms. The highest BCUT2D eigenvalue weighted by atomic mass is 32.1. The van der Waals surface area contributed by atoms with Crippen molar-refractivity contribution < 1.29 is 9.32 Å². The first kappa shape index (κ1) is 13.8. The summed E-state index contributed by atoms with van der Waals surface area (Å²) in [4.78, 5) is 16.2. The minimum atomic E-state index is -0.167. The summed E-state index contributed by atoms with van der Waals surface area (Å²) in [5.74, 6) is 1.26. The topological polar surface area (TPSA) is 119 Å². The number of nitrogens with two attached hydrogens (primary N) is 1. The number of nitrogens with zero attached hydrogens (tertiary/aromatic N) is 3. The molecule has 3 rings (SSSR count). The number of aryl methyl sites for hydroxylation is 1. The predicted molar refractivity (Wildman–Crippen MR) is 78.2 cm³/mol. The molecular formula is C12H16N6O2S. The van der Waals surface area contributed by atoms with Crippen LogP contribution in [0.3, 0.4) is 0 Å². The maximum Gasteiger partial charge on any atom is 0.258 e. The van der Waals surface area contributed by atoms with E-state index in [0.717, 1.165) is 12.8 Å². The number of amides is 1. The standard InChI is InChI=1S/C12H16N6O2S/c1-6-15-8(20-17-6)4-5-14-12-9(10(13)18-21-12)11(19)16-7-2-3-7/h7,14H,2-5H2,1H3,(H2,13,18)(H,16,19). The number of rotatable bonds is 6. The normalized spacial score (nSPS) is 14.1. The Morgan fingerprint density at radius 1 is 1.52 bits per heavy atom. The number of hydrogen-bond acceptors (Lipinski definition) is 8. The number of hydrogen-bond donors (Lipinski definition) is 3. The fourth-order valence-electron chi connectivity index (χ4n) is 1.85. The minimum Gasteiger partial charge on any atom is -0.382 e. The molecule has 0 aromatic carbocycles. The van der Waals surface area contributed by atoms with Crippen molar-refractivity contribution >= 4 is 28.3 Å². The van der Waals surface area contributed by atoms with Crippen LogP contribution in [0.4, 0.5) is 10.8 Å². The smallest absolute Gasteiger partial charge is 0.258 e. The summed E-state index contributed by atoms with van der Waals surface area (Å²) < 4.78 is 9.07. The van der Waals surface area contributed by atoms with Gasteiger partial charge in [0.05, 0.1) is 0 Å². The van der Waals surface area contributed by atoms with Gasteiger partial charge in [-0.2, -0.15) is 9.36 Å². The van der Waals surface area contributed by atoms with E-state index in [2.05, 4.69) is 25.1 Å². The Morgan fingerprint density at radius 3 is 3.00 bits per heavy atom. The molecule has 0 radical (unpaired) electrons. The minimum absolute atomic E-state index is 0.167. The van der Waals surface area contributed by atoms with E-state index in [1.165, 1.54) is 11.5 Å². The molecule has 0 bridgehead atoms. The number of carbonyl (C=O) groups excluding carboxylic acids is 1. The zero-order valence-corrected chi connectivity index (χ0v) is 12.4. The van der Waals surface area contributed by atoms with Gasteiger partial charge in [-0.1, -0.05) is 5.16 Å². The number of aromatic nitrogens is 3. The van der Waals surface area contributed by atoms with Crippen LogP contribution in [0.2, 0.25) is 0 Å². The predicted octanol–water partition coefficient (Wildman–Crippen LogP) is 0.964. The zero-order chi connectivity index (χ0) is 14.8. The van der Waals surface area contributed by atoms with Crippen LogP contribution in [0, 0.1) is 6.92 Å². The molecule has 0 unspecified atom stereocenters. The van der Waals surface area contributed by atoms with Crippen LogP contribution in [0.1, 0.15) is 34.9 Å². The molecule has 112 valence electrons. The number of nitrogens with one attached hydrogen (secondary N) is 2. The van der Waals surface area contributed by atoms with Crippen LogP contribution in [0.15, 0.2) is 4.52 Å². The SMILES string of the molecule is Cc1noc(CCNc2snc(N)c2C(=O)NC2CC2)n1. The summed E-state index contributed by atoms with van der Waals surface area (Å²) in [6, 6.07) is 0.283. The third-order valence-corrected chi connectivity index (χ3v) is 3.87. The highest BCUT2D eigenvalue weighted by Crippen LogP contribution is 2.28. The largest absolute Gasteiger partial charge is 0.382 e. The molecule has 4 N–H and O–H groups in total. The molecule has 1 amide bonds. The van der Waals surface area contributed by atoms with Crippen molar-refractivity contribution in [3.05, 3.63) is 17.3 Å². The van der Waals surface area contributed by atoms with Crippen LogP contribution in [-0.4, -0.2) is 33.0 Å². The molecule has 0 spiro atoms. The van der Waals surface area contributed by atoms with E-state index >= 15 is 0 Å². The van der Waals surface area contributed by atoms with Crippen molar-refractivity contribution in [3.8, 4) is 0 Å². The van der Waals surface area contributed by atoms with Gasteiger partial charge in [0.25, 0.3) is 5.91 Å². The van der Waals surface area contributed by atoms with Gasteiger partial charge in [-0.15, -0.1) is 0 Å². The maximum absolute atomic E-state index is 12.1. The fourth-order valence-corrected chi connectivity index (χ4v) is 2.59. The number of nitrogen functional groups attached to an aromatic ring is 1. The highest BCUT2D eigenvalue weighted by molar-refractivity contribution is 7.11. The first-order valence-corrected chi connectivity index (χ1v) is 7.50. The van der Waals surface area contributed by atoms with Crippen molar-refractivity contribution in [1.29, 1.82) is 0 Å². The quantitative estimate of drug-likeness (QED) is 0.727. The van der Waals surface area contributed by atoms with Crippen LogP contribution < -0.4 is 16.4 Å². The molecule has 1 aliphatic carbocycles. The number of carbonyl (C=O) groups is 1. The lowest BCUT2D eigenvalue weighted by atomic mass is 10.3. The van der Waals surface area contributed by atoms with Gasteiger partial charge in [-0.25, -0.2) is 0 Å². The van der Waals surface area contributed by atoms with Crippen LogP contribution >= 0.6 is 11.5 Å². The summed E-state index contributed by atoms with van der Waals surface area (Å²) in [5, 5.41) is 10.5. The van der Waals surface area contributed by atoms with Gasteiger partial charge in [-0.3, -0.25) is 4.79 Å². The van der Waals surface area contributed by atoms with Gasteiger partial charge < -0.3 is 20.9 Å². The second-order valence-electron chi connectivity index (χ2n) is 4.93. The van der Waals surface area contributed by atoms with E-state index < -0.39 is 0 Å². The molecule has 0 atom stereocenters. The van der Waals surface area contributed by atoms with Gasteiger partial charge in [0.2, 0.25) is 5.89 Å². The number of anilines is 2. The average molecular weight is 308 g/mol. The monoisotopic (exact) mass is 308 g/mol. The van der Waals surface area contributed by atoms with E-state index in [1.54, 1.807) is 6.92 Å². The Kier molecular flexibility index (Phi) is 3.74. The Labute approximate surface area is 125 Å². The summed E-state index contributed by atoms with van der Waals surface area (Å²) in [6.45, 7) is 2.33. The first-order chi connectivity index (χ1) is 10.1. The van der Waals surface area contributed by atoms with Gasteiger partial charge in [0, 0.05) is 19.0 Å². The Bertz CT molecular complexity index is 648. The van der Waals surface area contributed by atoms with Crippen molar-refractivity contribution in [3.63, 3.8) is 0 Å².